The lowest BCUT2D eigenvalue weighted by atomic mass is 10.2. The first-order valence-electron chi connectivity index (χ1n) is 9.26. The maximum absolute atomic E-state index is 12.8. The molecule has 0 radical (unpaired) electrons. The van der Waals surface area contributed by atoms with E-state index in [0.29, 0.717) is 51.6 Å². The number of piperazine rings is 1. The van der Waals surface area contributed by atoms with Gasteiger partial charge in [-0.3, -0.25) is 9.69 Å². The molecule has 2 aliphatic rings. The van der Waals surface area contributed by atoms with Crippen LogP contribution >= 0.6 is 11.6 Å². The summed E-state index contributed by atoms with van der Waals surface area (Å²) < 4.78 is 43.9. The Labute approximate surface area is 167 Å². The van der Waals surface area contributed by atoms with Crippen LogP contribution in [0.25, 0.3) is 0 Å². The fourth-order valence-corrected chi connectivity index (χ4v) is 3.89. The molecule has 0 aliphatic carbocycles. The topological polar surface area (TPSA) is 48.9 Å². The van der Waals surface area contributed by atoms with Gasteiger partial charge in [0.1, 0.15) is 5.82 Å². The van der Waals surface area contributed by atoms with Gasteiger partial charge in [0.05, 0.1) is 29.3 Å². The predicted molar refractivity (Wildman–Crippen MR) is 99.5 cm³/mol. The number of alkyl halides is 3. The lowest BCUT2D eigenvalue weighted by molar-refractivity contribution is -0.144. The van der Waals surface area contributed by atoms with Crippen molar-refractivity contribution in [2.75, 3.05) is 50.7 Å². The van der Waals surface area contributed by atoms with E-state index in [1.807, 2.05) is 28.5 Å². The second-order valence-electron chi connectivity index (χ2n) is 7.35. The van der Waals surface area contributed by atoms with Crippen LogP contribution in [-0.4, -0.2) is 78.7 Å². The van der Waals surface area contributed by atoms with Crippen LogP contribution in [0.3, 0.4) is 0 Å². The number of amides is 1. The molecule has 2 atom stereocenters. The Bertz CT molecular complexity index is 701. The Morgan fingerprint density at radius 2 is 1.82 bits per heavy atom. The highest BCUT2D eigenvalue weighted by molar-refractivity contribution is 6.33. The van der Waals surface area contributed by atoms with E-state index >= 15 is 0 Å². The molecular formula is C18H24ClF3N4O2. The zero-order chi connectivity index (χ0) is 20.5. The Morgan fingerprint density at radius 3 is 2.36 bits per heavy atom. The van der Waals surface area contributed by atoms with E-state index in [1.54, 1.807) is 0 Å². The predicted octanol–water partition coefficient (Wildman–Crippen LogP) is 2.51. The average molecular weight is 421 g/mol. The van der Waals surface area contributed by atoms with Crippen molar-refractivity contribution in [1.82, 2.24) is 14.8 Å². The molecule has 0 unspecified atom stereocenters. The Kier molecular flexibility index (Phi) is 6.36. The van der Waals surface area contributed by atoms with E-state index < -0.39 is 11.7 Å². The van der Waals surface area contributed by atoms with Gasteiger partial charge in [-0.25, -0.2) is 4.98 Å². The molecule has 3 heterocycles. The van der Waals surface area contributed by atoms with Crippen molar-refractivity contribution < 1.29 is 22.7 Å². The van der Waals surface area contributed by atoms with Gasteiger partial charge >= 0.3 is 6.18 Å². The molecule has 28 heavy (non-hydrogen) atoms. The van der Waals surface area contributed by atoms with Crippen LogP contribution in [0.2, 0.25) is 5.02 Å². The van der Waals surface area contributed by atoms with Gasteiger partial charge in [-0.2, -0.15) is 13.2 Å². The molecule has 3 rings (SSSR count). The maximum Gasteiger partial charge on any atom is 0.417 e. The maximum atomic E-state index is 12.8. The number of pyridine rings is 1. The molecule has 10 heteroatoms. The quantitative estimate of drug-likeness (QED) is 0.752. The zero-order valence-corrected chi connectivity index (χ0v) is 16.6. The van der Waals surface area contributed by atoms with Crippen LogP contribution in [0.15, 0.2) is 12.3 Å². The summed E-state index contributed by atoms with van der Waals surface area (Å²) in [6, 6.07) is 0.903. The van der Waals surface area contributed by atoms with Gasteiger partial charge < -0.3 is 14.5 Å². The molecule has 156 valence electrons. The summed E-state index contributed by atoms with van der Waals surface area (Å²) in [5.41, 5.74) is -0.862. The van der Waals surface area contributed by atoms with Gasteiger partial charge in [-0.1, -0.05) is 11.6 Å². The summed E-state index contributed by atoms with van der Waals surface area (Å²) in [4.78, 5) is 22.2. The monoisotopic (exact) mass is 420 g/mol. The number of nitrogens with zero attached hydrogens (tertiary/aromatic N) is 4. The molecule has 2 saturated heterocycles. The van der Waals surface area contributed by atoms with Crippen molar-refractivity contribution in [3.05, 3.63) is 22.8 Å². The third-order valence-electron chi connectivity index (χ3n) is 4.95. The van der Waals surface area contributed by atoms with Crippen LogP contribution in [0.5, 0.6) is 0 Å². The number of morpholine rings is 1. The SMILES string of the molecule is C[C@@H]1CN(C(=O)CN2CCN(c3ncc(C(F)(F)F)cc3Cl)CC2)C[C@H](C)O1. The summed E-state index contributed by atoms with van der Waals surface area (Å²) in [5.74, 6) is 0.414. The van der Waals surface area contributed by atoms with Gasteiger partial charge in [-0.15, -0.1) is 0 Å². The molecule has 0 saturated carbocycles. The first kappa shape index (κ1) is 21.1. The van der Waals surface area contributed by atoms with Crippen molar-refractivity contribution in [3.8, 4) is 0 Å². The van der Waals surface area contributed by atoms with Gasteiger partial charge in [0, 0.05) is 45.5 Å². The van der Waals surface area contributed by atoms with E-state index in [2.05, 4.69) is 4.98 Å². The average Bonchev–Trinajstić information content (AvgIpc) is 2.61. The van der Waals surface area contributed by atoms with E-state index in [-0.39, 0.29) is 23.1 Å². The molecule has 0 aromatic carbocycles. The fourth-order valence-electron chi connectivity index (χ4n) is 3.61. The first-order chi connectivity index (χ1) is 13.1. The van der Waals surface area contributed by atoms with Crippen LogP contribution in [-0.2, 0) is 15.7 Å². The first-order valence-corrected chi connectivity index (χ1v) is 9.64. The largest absolute Gasteiger partial charge is 0.417 e. The van der Waals surface area contributed by atoms with Gasteiger partial charge in [0.2, 0.25) is 5.91 Å². The number of hydrogen-bond acceptors (Lipinski definition) is 5. The van der Waals surface area contributed by atoms with Crippen molar-refractivity contribution in [3.63, 3.8) is 0 Å². The van der Waals surface area contributed by atoms with Crippen molar-refractivity contribution in [2.45, 2.75) is 32.2 Å². The van der Waals surface area contributed by atoms with Gasteiger partial charge in [-0.05, 0) is 19.9 Å². The second kappa shape index (κ2) is 8.42. The number of aromatic nitrogens is 1. The summed E-state index contributed by atoms with van der Waals surface area (Å²) in [5, 5.41) is -0.0179. The van der Waals surface area contributed by atoms with E-state index in [0.717, 1.165) is 12.3 Å². The molecule has 0 N–H and O–H groups in total. The molecule has 1 aromatic heterocycles. The standard InChI is InChI=1S/C18H24ClF3N4O2/c1-12-9-26(10-13(2)28-12)16(27)11-24-3-5-25(6-4-24)17-15(19)7-14(8-23-17)18(20,21)22/h7-8,12-13H,3-6,9-11H2,1-2H3/t12-,13+. The fraction of sp³-hybridized carbons (Fsp3) is 0.667. The number of hydrogen-bond donors (Lipinski definition) is 0. The molecular weight excluding hydrogens is 397 g/mol. The van der Waals surface area contributed by atoms with Gasteiger partial charge in [0.15, 0.2) is 0 Å². The minimum Gasteiger partial charge on any atom is -0.372 e. The Balaban J connectivity index is 1.54. The molecule has 6 nitrogen and oxygen atoms in total. The third-order valence-corrected chi connectivity index (χ3v) is 5.23. The number of halogens is 4. The van der Waals surface area contributed by atoms with Crippen LogP contribution in [0.1, 0.15) is 19.4 Å². The summed E-state index contributed by atoms with van der Waals surface area (Å²) in [6.45, 7) is 7.72. The van der Waals surface area contributed by atoms with Crippen LogP contribution in [0, 0.1) is 0 Å². The molecule has 1 aromatic rings. The highest BCUT2D eigenvalue weighted by Gasteiger charge is 2.33. The third kappa shape index (κ3) is 5.07. The minimum atomic E-state index is -4.47. The molecule has 1 amide bonds. The molecule has 2 fully saturated rings. The van der Waals surface area contributed by atoms with E-state index in [4.69, 9.17) is 16.3 Å². The second-order valence-corrected chi connectivity index (χ2v) is 7.75. The Morgan fingerprint density at radius 1 is 1.21 bits per heavy atom. The molecule has 0 bridgehead atoms. The van der Waals surface area contributed by atoms with Crippen LogP contribution in [0.4, 0.5) is 19.0 Å². The lowest BCUT2D eigenvalue weighted by Crippen LogP contribution is -2.54. The highest BCUT2D eigenvalue weighted by atomic mass is 35.5. The minimum absolute atomic E-state index is 0.0179. The Hall–Kier alpha value is -1.58. The van der Waals surface area contributed by atoms with E-state index in [1.165, 1.54) is 0 Å². The number of anilines is 1. The van der Waals surface area contributed by atoms with Crippen molar-refractivity contribution in [1.29, 1.82) is 0 Å². The number of rotatable bonds is 3. The van der Waals surface area contributed by atoms with Gasteiger partial charge in [0.25, 0.3) is 0 Å². The van der Waals surface area contributed by atoms with Crippen molar-refractivity contribution in [2.24, 2.45) is 0 Å². The smallest absolute Gasteiger partial charge is 0.372 e. The molecule has 2 aliphatic heterocycles. The molecule has 0 spiro atoms. The summed E-state index contributed by atoms with van der Waals surface area (Å²) in [7, 11) is 0. The normalized spacial score (nSPS) is 24.5. The zero-order valence-electron chi connectivity index (χ0n) is 15.9. The number of ether oxygens (including phenoxy) is 1. The summed E-state index contributed by atoms with van der Waals surface area (Å²) in [6.07, 6.45) is -3.62. The van der Waals surface area contributed by atoms with Crippen molar-refractivity contribution >= 4 is 23.3 Å². The van der Waals surface area contributed by atoms with E-state index in [9.17, 15) is 18.0 Å². The number of carbonyl (C=O) groups excluding carboxylic acids is 1. The number of carbonyl (C=O) groups is 1. The highest BCUT2D eigenvalue weighted by Crippen LogP contribution is 2.33. The summed E-state index contributed by atoms with van der Waals surface area (Å²) >= 11 is 6.03. The van der Waals surface area contributed by atoms with Crippen LogP contribution < -0.4 is 4.90 Å². The lowest BCUT2D eigenvalue weighted by Gasteiger charge is -2.38.